The number of nitrogens with zero attached hydrogens (tertiary/aromatic N) is 1. The standard InChI is InChI=1S/C26H29BrN2O6/c1-16(2)34-25(28-15-30)21-14-19(10-8-18(21)9-11-24(31)32)33-13-12-23-17(3)35-26(29-23)20-6-4-5-7-22(20)27/h4-8,10,14-16,25H,9,11-13H2,1-3H3,(H,28,30)(H,31,32). The summed E-state index contributed by atoms with van der Waals surface area (Å²) >= 11 is 3.52. The van der Waals surface area contributed by atoms with E-state index in [1.54, 1.807) is 12.1 Å². The maximum absolute atomic E-state index is 11.2. The van der Waals surface area contributed by atoms with Gasteiger partial charge in [0, 0.05) is 22.9 Å². The number of carboxylic acids is 1. The molecule has 3 rings (SSSR count). The van der Waals surface area contributed by atoms with Crippen molar-refractivity contribution in [3.05, 3.63) is 69.5 Å². The molecule has 0 saturated carbocycles. The van der Waals surface area contributed by atoms with Crippen molar-refractivity contribution in [3.63, 3.8) is 0 Å². The number of oxazole rings is 1. The fourth-order valence-electron chi connectivity index (χ4n) is 3.59. The number of carbonyl (C=O) groups is 2. The van der Waals surface area contributed by atoms with E-state index in [1.807, 2.05) is 51.1 Å². The Hall–Kier alpha value is -3.17. The molecule has 8 nitrogen and oxygen atoms in total. The first-order valence-corrected chi connectivity index (χ1v) is 12.1. The summed E-state index contributed by atoms with van der Waals surface area (Å²) in [6, 6.07) is 13.1. The van der Waals surface area contributed by atoms with Gasteiger partial charge < -0.3 is 24.3 Å². The first-order chi connectivity index (χ1) is 16.8. The van der Waals surface area contributed by atoms with Crippen molar-refractivity contribution in [2.24, 2.45) is 0 Å². The Kier molecular flexibility index (Phi) is 9.45. The van der Waals surface area contributed by atoms with Gasteiger partial charge in [0.15, 0.2) is 6.23 Å². The van der Waals surface area contributed by atoms with Crippen LogP contribution in [0.4, 0.5) is 0 Å². The van der Waals surface area contributed by atoms with E-state index in [9.17, 15) is 9.59 Å². The number of amides is 1. The molecule has 186 valence electrons. The number of hydrogen-bond acceptors (Lipinski definition) is 6. The first-order valence-electron chi connectivity index (χ1n) is 11.3. The van der Waals surface area contributed by atoms with Crippen LogP contribution in [-0.2, 0) is 27.2 Å². The molecule has 9 heteroatoms. The Balaban J connectivity index is 1.75. The Morgan fingerprint density at radius 3 is 2.69 bits per heavy atom. The molecule has 3 aromatic rings. The number of aliphatic carboxylic acids is 1. The van der Waals surface area contributed by atoms with E-state index in [4.69, 9.17) is 19.0 Å². The quantitative estimate of drug-likeness (QED) is 0.224. The Bertz CT molecular complexity index is 1160. The lowest BCUT2D eigenvalue weighted by molar-refractivity contribution is -0.137. The molecule has 0 radical (unpaired) electrons. The normalized spacial score (nSPS) is 11.9. The fourth-order valence-corrected chi connectivity index (χ4v) is 4.04. The summed E-state index contributed by atoms with van der Waals surface area (Å²) in [6.07, 6.45) is 0.502. The zero-order chi connectivity index (χ0) is 25.4. The van der Waals surface area contributed by atoms with Gasteiger partial charge in [0.2, 0.25) is 12.3 Å². The molecule has 0 spiro atoms. The second kappa shape index (κ2) is 12.5. The smallest absolute Gasteiger partial charge is 0.303 e. The number of halogens is 1. The highest BCUT2D eigenvalue weighted by atomic mass is 79.9. The molecule has 2 N–H and O–H groups in total. The molecule has 2 aromatic carbocycles. The van der Waals surface area contributed by atoms with Crippen LogP contribution in [0.25, 0.3) is 11.5 Å². The summed E-state index contributed by atoms with van der Waals surface area (Å²) in [7, 11) is 0. The van der Waals surface area contributed by atoms with Crippen molar-refractivity contribution in [2.75, 3.05) is 6.61 Å². The van der Waals surface area contributed by atoms with Gasteiger partial charge in [-0.1, -0.05) is 18.2 Å². The van der Waals surface area contributed by atoms with Crippen molar-refractivity contribution in [2.45, 2.75) is 52.4 Å². The summed E-state index contributed by atoms with van der Waals surface area (Å²) in [6.45, 7) is 5.95. The maximum Gasteiger partial charge on any atom is 0.303 e. The van der Waals surface area contributed by atoms with Crippen LogP contribution in [-0.4, -0.2) is 35.2 Å². The third-order valence-corrected chi connectivity index (χ3v) is 5.93. The lowest BCUT2D eigenvalue weighted by Crippen LogP contribution is -2.26. The van der Waals surface area contributed by atoms with E-state index in [1.165, 1.54) is 0 Å². The number of aryl methyl sites for hydroxylation is 2. The zero-order valence-electron chi connectivity index (χ0n) is 19.9. The molecule has 0 saturated heterocycles. The van der Waals surface area contributed by atoms with Gasteiger partial charge in [-0.3, -0.25) is 9.59 Å². The van der Waals surface area contributed by atoms with Crippen LogP contribution in [0, 0.1) is 6.92 Å². The van der Waals surface area contributed by atoms with Gasteiger partial charge >= 0.3 is 5.97 Å². The highest BCUT2D eigenvalue weighted by Gasteiger charge is 2.19. The molecule has 0 aliphatic heterocycles. The molecule has 0 aliphatic carbocycles. The van der Waals surface area contributed by atoms with Crippen LogP contribution in [0.3, 0.4) is 0 Å². The number of rotatable bonds is 13. The van der Waals surface area contributed by atoms with Crippen molar-refractivity contribution < 1.29 is 28.6 Å². The van der Waals surface area contributed by atoms with Crippen molar-refractivity contribution in [1.29, 1.82) is 0 Å². The Morgan fingerprint density at radius 1 is 1.23 bits per heavy atom. The minimum absolute atomic E-state index is 0.0337. The number of carbonyl (C=O) groups excluding carboxylic acids is 1. The molecule has 1 aromatic heterocycles. The fraction of sp³-hybridized carbons (Fsp3) is 0.346. The van der Waals surface area contributed by atoms with E-state index < -0.39 is 12.2 Å². The van der Waals surface area contributed by atoms with Crippen LogP contribution in [0.2, 0.25) is 0 Å². The maximum atomic E-state index is 11.2. The molecular formula is C26H29BrN2O6. The Labute approximate surface area is 212 Å². The lowest BCUT2D eigenvalue weighted by Gasteiger charge is -2.23. The summed E-state index contributed by atoms with van der Waals surface area (Å²) in [5.41, 5.74) is 3.12. The number of aromatic nitrogens is 1. The van der Waals surface area contributed by atoms with Gasteiger partial charge in [0.25, 0.3) is 0 Å². The minimum atomic E-state index is -0.897. The van der Waals surface area contributed by atoms with Gasteiger partial charge in [-0.05, 0) is 73.0 Å². The van der Waals surface area contributed by atoms with E-state index in [0.29, 0.717) is 43.1 Å². The molecule has 0 bridgehead atoms. The minimum Gasteiger partial charge on any atom is -0.493 e. The van der Waals surface area contributed by atoms with Crippen LogP contribution >= 0.6 is 15.9 Å². The average molecular weight is 545 g/mol. The molecule has 1 unspecified atom stereocenters. The van der Waals surface area contributed by atoms with Crippen LogP contribution in [0.15, 0.2) is 51.4 Å². The molecule has 35 heavy (non-hydrogen) atoms. The van der Waals surface area contributed by atoms with Gasteiger partial charge in [-0.2, -0.15) is 0 Å². The number of carboxylic acid groups (broad SMARTS) is 1. The van der Waals surface area contributed by atoms with Gasteiger partial charge in [-0.15, -0.1) is 0 Å². The lowest BCUT2D eigenvalue weighted by atomic mass is 10.0. The highest BCUT2D eigenvalue weighted by Crippen LogP contribution is 2.30. The van der Waals surface area contributed by atoms with Crippen molar-refractivity contribution >= 4 is 28.3 Å². The largest absolute Gasteiger partial charge is 0.493 e. The van der Waals surface area contributed by atoms with E-state index >= 15 is 0 Å². The average Bonchev–Trinajstić information content (AvgIpc) is 3.18. The van der Waals surface area contributed by atoms with Gasteiger partial charge in [0.05, 0.1) is 24.0 Å². The van der Waals surface area contributed by atoms with E-state index in [0.717, 1.165) is 27.1 Å². The number of nitrogens with one attached hydrogen (secondary N) is 1. The monoisotopic (exact) mass is 544 g/mol. The summed E-state index contributed by atoms with van der Waals surface area (Å²) in [5, 5.41) is 11.8. The molecular weight excluding hydrogens is 516 g/mol. The predicted octanol–water partition coefficient (Wildman–Crippen LogP) is 5.22. The molecule has 0 aliphatic rings. The first kappa shape index (κ1) is 26.4. The predicted molar refractivity (Wildman–Crippen MR) is 134 cm³/mol. The van der Waals surface area contributed by atoms with Crippen molar-refractivity contribution in [3.8, 4) is 17.2 Å². The van der Waals surface area contributed by atoms with Gasteiger partial charge in [-0.25, -0.2) is 4.98 Å². The third-order valence-electron chi connectivity index (χ3n) is 5.24. The number of benzene rings is 2. The summed E-state index contributed by atoms with van der Waals surface area (Å²) in [5.74, 6) is 0.954. The number of ether oxygens (including phenoxy) is 2. The van der Waals surface area contributed by atoms with Crippen molar-refractivity contribution in [1.82, 2.24) is 10.3 Å². The molecule has 1 atom stereocenters. The zero-order valence-corrected chi connectivity index (χ0v) is 21.5. The van der Waals surface area contributed by atoms with E-state index in [-0.39, 0.29) is 12.5 Å². The molecule has 1 amide bonds. The SMILES string of the molecule is Cc1oc(-c2ccccc2Br)nc1CCOc1ccc(CCC(=O)O)c(C(NC=O)OC(C)C)c1. The van der Waals surface area contributed by atoms with Crippen LogP contribution < -0.4 is 10.1 Å². The summed E-state index contributed by atoms with van der Waals surface area (Å²) in [4.78, 5) is 26.9. The second-order valence-electron chi connectivity index (χ2n) is 8.20. The van der Waals surface area contributed by atoms with Crippen LogP contribution in [0.1, 0.15) is 49.1 Å². The summed E-state index contributed by atoms with van der Waals surface area (Å²) < 4.78 is 18.6. The topological polar surface area (TPSA) is 111 Å². The second-order valence-corrected chi connectivity index (χ2v) is 9.06. The molecule has 1 heterocycles. The number of hydrogen-bond donors (Lipinski definition) is 2. The van der Waals surface area contributed by atoms with E-state index in [2.05, 4.69) is 26.2 Å². The third kappa shape index (κ3) is 7.40. The highest BCUT2D eigenvalue weighted by molar-refractivity contribution is 9.10. The van der Waals surface area contributed by atoms with Crippen LogP contribution in [0.5, 0.6) is 5.75 Å². The molecule has 0 fully saturated rings. The van der Waals surface area contributed by atoms with Gasteiger partial charge in [0.1, 0.15) is 11.5 Å². The Morgan fingerprint density at radius 2 is 2.00 bits per heavy atom.